The Labute approximate surface area is 128 Å². The molecule has 0 amide bonds. The van der Waals surface area contributed by atoms with Gasteiger partial charge < -0.3 is 9.47 Å². The molecule has 0 aliphatic carbocycles. The second-order valence-corrected chi connectivity index (χ2v) is 5.39. The highest BCUT2D eigenvalue weighted by Crippen LogP contribution is 2.26. The lowest BCUT2D eigenvalue weighted by Gasteiger charge is -2.13. The molecule has 0 aliphatic rings. The number of nitrogens with zero attached hydrogens (tertiary/aromatic N) is 2. The van der Waals surface area contributed by atoms with Gasteiger partial charge in [-0.1, -0.05) is 30.3 Å². The van der Waals surface area contributed by atoms with Crippen molar-refractivity contribution in [1.29, 1.82) is 0 Å². The molecular weight excluding hydrogens is 288 g/mol. The number of carbonyl (C=O) groups excluding carboxylic acids is 2. The second-order valence-electron chi connectivity index (χ2n) is 5.04. The van der Waals surface area contributed by atoms with E-state index in [1.807, 2.05) is 61.6 Å². The third-order valence-corrected chi connectivity index (χ3v) is 3.40. The van der Waals surface area contributed by atoms with E-state index in [2.05, 4.69) is 0 Å². The molecule has 0 spiro atoms. The first kappa shape index (κ1) is 15.5. The summed E-state index contributed by atoms with van der Waals surface area (Å²) in [6.45, 7) is 1.38. The Morgan fingerprint density at radius 3 is 2.38 bits per heavy atom. The monoisotopic (exact) mass is 304 g/mol. The van der Waals surface area contributed by atoms with Crippen molar-refractivity contribution in [3.8, 4) is 11.1 Å². The van der Waals surface area contributed by atoms with Crippen molar-refractivity contribution in [3.63, 3.8) is 0 Å². The predicted octanol–water partition coefficient (Wildman–Crippen LogP) is 2.66. The molecule has 21 heavy (non-hydrogen) atoms. The summed E-state index contributed by atoms with van der Waals surface area (Å²) in [5.74, 6) is -0.667. The first-order valence-corrected chi connectivity index (χ1v) is 7.02. The Kier molecular flexibility index (Phi) is 4.94. The van der Waals surface area contributed by atoms with Crippen LogP contribution in [-0.4, -0.2) is 41.1 Å². The zero-order valence-electron chi connectivity index (χ0n) is 12.0. The molecule has 110 valence electrons. The minimum atomic E-state index is -0.961. The highest BCUT2D eigenvalue weighted by molar-refractivity contribution is 6.83. The average Bonchev–Trinajstić information content (AvgIpc) is 2.88. The van der Waals surface area contributed by atoms with Gasteiger partial charge in [0.15, 0.2) is 0 Å². The molecule has 0 fully saturated rings. The van der Waals surface area contributed by atoms with Gasteiger partial charge in [0.05, 0.1) is 0 Å². The molecular formula is C16H17ClN2O2. The average molecular weight is 305 g/mol. The van der Waals surface area contributed by atoms with Crippen LogP contribution in [0.25, 0.3) is 11.1 Å². The third kappa shape index (κ3) is 3.60. The maximum atomic E-state index is 12.1. The van der Waals surface area contributed by atoms with Crippen molar-refractivity contribution in [2.24, 2.45) is 0 Å². The SMILES string of the molecule is CN(C)CCn1ccc(-c2ccccc2)c1C(=O)C(=O)Cl. The van der Waals surface area contributed by atoms with E-state index in [1.54, 1.807) is 4.57 Å². The van der Waals surface area contributed by atoms with Crippen molar-refractivity contribution in [3.05, 3.63) is 48.3 Å². The number of ketones is 1. The molecule has 5 heteroatoms. The number of benzene rings is 1. The highest BCUT2D eigenvalue weighted by Gasteiger charge is 2.22. The normalized spacial score (nSPS) is 10.9. The van der Waals surface area contributed by atoms with Crippen molar-refractivity contribution in [2.45, 2.75) is 6.54 Å². The van der Waals surface area contributed by atoms with Crippen LogP contribution in [0.15, 0.2) is 42.6 Å². The van der Waals surface area contributed by atoms with Gasteiger partial charge in [0, 0.05) is 24.8 Å². The molecule has 1 aromatic heterocycles. The van der Waals surface area contributed by atoms with Crippen LogP contribution in [0.5, 0.6) is 0 Å². The van der Waals surface area contributed by atoms with Gasteiger partial charge in [-0.15, -0.1) is 0 Å². The molecule has 0 unspecified atom stereocenters. The standard InChI is InChI=1S/C16H17ClN2O2/c1-18(2)10-11-19-9-8-13(12-6-4-3-5-7-12)14(19)15(20)16(17)21/h3-9H,10-11H2,1-2H3. The fourth-order valence-corrected chi connectivity index (χ4v) is 2.25. The van der Waals surface area contributed by atoms with Crippen molar-refractivity contribution >= 4 is 22.6 Å². The van der Waals surface area contributed by atoms with Crippen LogP contribution in [0.4, 0.5) is 0 Å². The van der Waals surface area contributed by atoms with Crippen LogP contribution in [-0.2, 0) is 11.3 Å². The van der Waals surface area contributed by atoms with E-state index in [1.165, 1.54) is 0 Å². The summed E-state index contributed by atoms with van der Waals surface area (Å²) in [6.07, 6.45) is 1.82. The smallest absolute Gasteiger partial charge is 0.294 e. The van der Waals surface area contributed by atoms with Gasteiger partial charge in [-0.05, 0) is 37.3 Å². The van der Waals surface area contributed by atoms with Gasteiger partial charge in [-0.25, -0.2) is 0 Å². The van der Waals surface area contributed by atoms with E-state index in [-0.39, 0.29) is 0 Å². The molecule has 4 nitrogen and oxygen atoms in total. The Morgan fingerprint density at radius 1 is 1.14 bits per heavy atom. The number of Topliss-reactive ketones (excluding diaryl/α,β-unsaturated/α-hetero) is 1. The zero-order chi connectivity index (χ0) is 15.4. The second kappa shape index (κ2) is 6.70. The minimum Gasteiger partial charge on any atom is -0.343 e. The summed E-state index contributed by atoms with van der Waals surface area (Å²) in [5.41, 5.74) is 1.97. The Bertz CT molecular complexity index is 648. The summed E-state index contributed by atoms with van der Waals surface area (Å²) in [7, 11) is 3.91. The van der Waals surface area contributed by atoms with Crippen LogP contribution in [0, 0.1) is 0 Å². The topological polar surface area (TPSA) is 42.3 Å². The van der Waals surface area contributed by atoms with E-state index >= 15 is 0 Å². The number of likely N-dealkylation sites (N-methyl/N-ethyl adjacent to an activating group) is 1. The molecule has 0 saturated carbocycles. The Morgan fingerprint density at radius 2 is 1.81 bits per heavy atom. The quantitative estimate of drug-likeness (QED) is 0.468. The first-order valence-electron chi connectivity index (χ1n) is 6.64. The molecule has 0 bridgehead atoms. The van der Waals surface area contributed by atoms with Gasteiger partial charge in [0.25, 0.3) is 11.0 Å². The highest BCUT2D eigenvalue weighted by atomic mass is 35.5. The number of hydrogen-bond acceptors (Lipinski definition) is 3. The van der Waals surface area contributed by atoms with Gasteiger partial charge in [-0.2, -0.15) is 0 Å². The van der Waals surface area contributed by atoms with Crippen LogP contribution in [0.1, 0.15) is 10.5 Å². The molecule has 0 N–H and O–H groups in total. The number of carbonyl (C=O) groups is 2. The fourth-order valence-electron chi connectivity index (χ4n) is 2.16. The molecule has 1 heterocycles. The van der Waals surface area contributed by atoms with E-state index in [9.17, 15) is 9.59 Å². The summed E-state index contributed by atoms with van der Waals surface area (Å²) >= 11 is 5.40. The van der Waals surface area contributed by atoms with E-state index in [0.717, 1.165) is 17.7 Å². The molecule has 2 rings (SSSR count). The molecule has 1 aromatic carbocycles. The van der Waals surface area contributed by atoms with Gasteiger partial charge in [-0.3, -0.25) is 9.59 Å². The van der Waals surface area contributed by atoms with E-state index in [4.69, 9.17) is 11.6 Å². The summed E-state index contributed by atoms with van der Waals surface area (Å²) in [4.78, 5) is 25.5. The summed E-state index contributed by atoms with van der Waals surface area (Å²) in [6, 6.07) is 11.3. The van der Waals surface area contributed by atoms with Crippen LogP contribution < -0.4 is 0 Å². The molecule has 0 saturated heterocycles. The van der Waals surface area contributed by atoms with E-state index < -0.39 is 11.0 Å². The fraction of sp³-hybridized carbons (Fsp3) is 0.250. The maximum Gasteiger partial charge on any atom is 0.294 e. The lowest BCUT2D eigenvalue weighted by Crippen LogP contribution is -2.22. The molecule has 0 radical (unpaired) electrons. The predicted molar refractivity (Wildman–Crippen MR) is 83.6 cm³/mol. The van der Waals surface area contributed by atoms with Crippen LogP contribution in [0.3, 0.4) is 0 Å². The van der Waals surface area contributed by atoms with Crippen molar-refractivity contribution in [2.75, 3.05) is 20.6 Å². The number of aromatic nitrogens is 1. The van der Waals surface area contributed by atoms with Crippen molar-refractivity contribution < 1.29 is 9.59 Å². The minimum absolute atomic E-state index is 0.350. The number of halogens is 1. The Balaban J connectivity index is 2.46. The van der Waals surface area contributed by atoms with Gasteiger partial charge in [0.1, 0.15) is 5.69 Å². The maximum absolute atomic E-state index is 12.1. The van der Waals surface area contributed by atoms with E-state index in [0.29, 0.717) is 12.2 Å². The molecule has 0 aliphatic heterocycles. The molecule has 2 aromatic rings. The zero-order valence-corrected chi connectivity index (χ0v) is 12.8. The molecule has 0 atom stereocenters. The van der Waals surface area contributed by atoms with Gasteiger partial charge >= 0.3 is 0 Å². The van der Waals surface area contributed by atoms with Crippen LogP contribution in [0.2, 0.25) is 0 Å². The Hall–Kier alpha value is -1.91. The van der Waals surface area contributed by atoms with Crippen molar-refractivity contribution in [1.82, 2.24) is 9.47 Å². The summed E-state index contributed by atoms with van der Waals surface area (Å²) < 4.78 is 1.78. The lowest BCUT2D eigenvalue weighted by molar-refractivity contribution is -0.108. The lowest BCUT2D eigenvalue weighted by atomic mass is 10.0. The summed E-state index contributed by atoms with van der Waals surface area (Å²) in [5, 5.41) is -0.961. The number of rotatable bonds is 6. The third-order valence-electron chi connectivity index (χ3n) is 3.23. The largest absolute Gasteiger partial charge is 0.343 e. The van der Waals surface area contributed by atoms with Gasteiger partial charge in [0.2, 0.25) is 0 Å². The first-order chi connectivity index (χ1) is 10.0. The number of hydrogen-bond donors (Lipinski definition) is 0. The van der Waals surface area contributed by atoms with Crippen LogP contribution >= 0.6 is 11.6 Å².